The number of fused-ring (bicyclic) bond motifs is 5. The first kappa shape index (κ1) is 40.1. The fourth-order valence-electron chi connectivity index (χ4n) is 8.39. The molecule has 4 rings (SSSR count). The average Bonchev–Trinajstić information content (AvgIpc) is 3.38. The van der Waals surface area contributed by atoms with Gasteiger partial charge < -0.3 is 35.7 Å². The van der Waals surface area contributed by atoms with Crippen molar-refractivity contribution in [3.05, 3.63) is 23.3 Å². The molecule has 0 radical (unpaired) electrons. The Morgan fingerprint density at radius 1 is 0.891 bits per heavy atom. The molecule has 7 N–H and O–H groups in total. The van der Waals surface area contributed by atoms with E-state index in [1.807, 2.05) is 13.8 Å². The monoisotopic (exact) mass is 652 g/mol. The quantitative estimate of drug-likeness (QED) is 0.107. The van der Waals surface area contributed by atoms with E-state index >= 15 is 0 Å². The molecule has 2 saturated carbocycles. The summed E-state index contributed by atoms with van der Waals surface area (Å²) < 4.78 is 0. The molecule has 0 unspecified atom stereocenters. The van der Waals surface area contributed by atoms with Crippen LogP contribution in [0.3, 0.4) is 0 Å². The molecule has 8 atom stereocenters. The number of ketones is 1. The number of aliphatic hydroxyl groups excluding tert-OH is 2. The van der Waals surface area contributed by atoms with Gasteiger partial charge in [-0.05, 0) is 24.5 Å². The summed E-state index contributed by atoms with van der Waals surface area (Å²) >= 11 is 0. The lowest BCUT2D eigenvalue weighted by molar-refractivity contribution is -0.209. The van der Waals surface area contributed by atoms with Gasteiger partial charge >= 0.3 is 5.97 Å². The number of Topliss-reactive ketones (excluding diaryl/α,β-unsaturated/α-hetero) is 1. The fourth-order valence-corrected chi connectivity index (χ4v) is 8.39. The number of hydrogen-bond donors (Lipinski definition) is 7. The Bertz CT molecular complexity index is 1120. The number of carbonyl (C=O) groups is 3. The van der Waals surface area contributed by atoms with Crippen molar-refractivity contribution in [1.82, 2.24) is 0 Å². The zero-order chi connectivity index (χ0) is 35.1. The number of carboxylic acid groups (broad SMARTS) is 2. The van der Waals surface area contributed by atoms with Crippen LogP contribution in [0.5, 0.6) is 0 Å². The molecular formula is C36H60O10. The summed E-state index contributed by atoms with van der Waals surface area (Å²) in [7, 11) is 0. The predicted octanol–water partition coefficient (Wildman–Crippen LogP) is 4.79. The Morgan fingerprint density at radius 2 is 1.37 bits per heavy atom. The molecule has 264 valence electrons. The molecule has 0 bridgehead atoms. The Morgan fingerprint density at radius 3 is 1.83 bits per heavy atom. The Kier molecular flexibility index (Phi) is 14.2. The minimum atomic E-state index is -1.84. The summed E-state index contributed by atoms with van der Waals surface area (Å²) in [6.45, 7) is 9.96. The maximum atomic E-state index is 12.7. The SMILES string of the molecule is CC(=O)O.CC1=C[C@H]2[C@]3(O)[C@H](C)[C@@H](O)[C@@]4(O)[C@H]([C@@H]3C=C(CO)C[C@@]2(O)C1=O)C4(C)C.CCCCCCCCCCCCCC(=O)O. The molecule has 0 aromatic heterocycles. The van der Waals surface area contributed by atoms with Crippen molar-refractivity contribution in [2.75, 3.05) is 6.61 Å². The molecule has 0 saturated heterocycles. The van der Waals surface area contributed by atoms with E-state index in [0.29, 0.717) is 17.6 Å². The molecule has 4 aliphatic rings. The molecule has 0 aromatic carbocycles. The van der Waals surface area contributed by atoms with E-state index in [2.05, 4.69) is 6.92 Å². The van der Waals surface area contributed by atoms with Gasteiger partial charge in [-0.1, -0.05) is 104 Å². The first-order valence-electron chi connectivity index (χ1n) is 17.2. The number of rotatable bonds is 13. The zero-order valence-electron chi connectivity index (χ0n) is 28.8. The van der Waals surface area contributed by atoms with Crippen LogP contribution >= 0.6 is 0 Å². The third kappa shape index (κ3) is 8.12. The van der Waals surface area contributed by atoms with Crippen molar-refractivity contribution < 1.29 is 50.1 Å². The van der Waals surface area contributed by atoms with Gasteiger partial charge in [-0.15, -0.1) is 0 Å². The number of aliphatic hydroxyl groups is 5. The molecule has 0 heterocycles. The standard InChI is InChI=1S/C20H28O6.C14H28O2.C2H4O2/c1-9-5-13-18(24,15(9)22)7-11(8-21)6-12-14-17(3,4)20(14,26)16(23)10(2)19(12,13)25;1-2-3-4-5-6-7-8-9-10-11-12-13-14(15)16;1-2(3)4/h5-6,10,12-14,16,21,23-26H,7-8H2,1-4H3;2-13H2,1H3,(H,15,16);1H3,(H,3,4)/t10-,12+,13-,14-,16-,18+,19+,20+;;/m1../s1. The van der Waals surface area contributed by atoms with Gasteiger partial charge in [0.25, 0.3) is 5.97 Å². The van der Waals surface area contributed by atoms with Gasteiger partial charge in [-0.25, -0.2) is 0 Å². The molecule has 0 amide bonds. The second-order valence-electron chi connectivity index (χ2n) is 14.6. The van der Waals surface area contributed by atoms with Crippen LogP contribution in [0.15, 0.2) is 23.3 Å². The van der Waals surface area contributed by atoms with Crippen molar-refractivity contribution in [3.63, 3.8) is 0 Å². The summed E-state index contributed by atoms with van der Waals surface area (Å²) in [6, 6.07) is 0. The highest BCUT2D eigenvalue weighted by molar-refractivity contribution is 6.04. The molecule has 0 aromatic rings. The van der Waals surface area contributed by atoms with Gasteiger partial charge in [-0.2, -0.15) is 0 Å². The summed E-state index contributed by atoms with van der Waals surface area (Å²) in [5, 5.41) is 70.8. The fraction of sp³-hybridized carbons (Fsp3) is 0.806. The lowest BCUT2D eigenvalue weighted by atomic mass is 9.59. The van der Waals surface area contributed by atoms with Crippen molar-refractivity contribution >= 4 is 17.7 Å². The van der Waals surface area contributed by atoms with Crippen LogP contribution in [-0.2, 0) is 14.4 Å². The first-order valence-corrected chi connectivity index (χ1v) is 17.2. The highest BCUT2D eigenvalue weighted by Gasteiger charge is 2.84. The molecule has 10 heteroatoms. The lowest BCUT2D eigenvalue weighted by Crippen LogP contribution is -2.65. The van der Waals surface area contributed by atoms with Crippen LogP contribution in [0, 0.1) is 29.1 Å². The van der Waals surface area contributed by atoms with E-state index in [1.165, 1.54) is 57.8 Å². The van der Waals surface area contributed by atoms with Gasteiger partial charge in [0.05, 0.1) is 18.3 Å². The normalized spacial score (nSPS) is 35.0. The zero-order valence-corrected chi connectivity index (χ0v) is 28.8. The highest BCUT2D eigenvalue weighted by atomic mass is 16.4. The van der Waals surface area contributed by atoms with Crippen LogP contribution in [0.4, 0.5) is 0 Å². The topological polar surface area (TPSA) is 193 Å². The van der Waals surface area contributed by atoms with Gasteiger partial charge in [0.1, 0.15) is 11.2 Å². The Balaban J connectivity index is 0.000000317. The van der Waals surface area contributed by atoms with Crippen LogP contribution in [-0.4, -0.2) is 83.0 Å². The average molecular weight is 653 g/mol. The van der Waals surface area contributed by atoms with Gasteiger partial charge in [0, 0.05) is 48.9 Å². The van der Waals surface area contributed by atoms with Crippen molar-refractivity contribution in [2.45, 2.75) is 148 Å². The lowest BCUT2D eigenvalue weighted by Gasteiger charge is -2.51. The third-order valence-electron chi connectivity index (χ3n) is 11.0. The first-order chi connectivity index (χ1) is 21.4. The van der Waals surface area contributed by atoms with Crippen molar-refractivity contribution in [2.24, 2.45) is 29.1 Å². The maximum absolute atomic E-state index is 12.7. The van der Waals surface area contributed by atoms with E-state index in [0.717, 1.165) is 19.8 Å². The molecule has 46 heavy (non-hydrogen) atoms. The van der Waals surface area contributed by atoms with E-state index in [9.17, 15) is 35.1 Å². The molecule has 2 fully saturated rings. The Hall–Kier alpha value is -2.11. The van der Waals surface area contributed by atoms with E-state index in [-0.39, 0.29) is 13.0 Å². The largest absolute Gasteiger partial charge is 0.481 e. The smallest absolute Gasteiger partial charge is 0.303 e. The maximum Gasteiger partial charge on any atom is 0.303 e. The second kappa shape index (κ2) is 16.3. The number of carboxylic acids is 2. The molecule has 0 spiro atoms. The number of unbranched alkanes of at least 4 members (excludes halogenated alkanes) is 10. The van der Waals surface area contributed by atoms with Crippen LogP contribution < -0.4 is 0 Å². The van der Waals surface area contributed by atoms with Crippen LogP contribution in [0.1, 0.15) is 125 Å². The minimum Gasteiger partial charge on any atom is -0.481 e. The number of carbonyl (C=O) groups excluding carboxylic acids is 1. The highest BCUT2D eigenvalue weighted by Crippen LogP contribution is 2.74. The molecule has 0 aliphatic heterocycles. The third-order valence-corrected chi connectivity index (χ3v) is 11.0. The second-order valence-corrected chi connectivity index (χ2v) is 14.6. The summed E-state index contributed by atoms with van der Waals surface area (Å²) in [5.41, 5.74) is -4.57. The summed E-state index contributed by atoms with van der Waals surface area (Å²) in [4.78, 5) is 32.0. The van der Waals surface area contributed by atoms with Crippen molar-refractivity contribution in [3.8, 4) is 0 Å². The summed E-state index contributed by atoms with van der Waals surface area (Å²) in [5.74, 6) is -4.63. The van der Waals surface area contributed by atoms with Crippen LogP contribution in [0.2, 0.25) is 0 Å². The number of hydrogen-bond acceptors (Lipinski definition) is 8. The minimum absolute atomic E-state index is 0.0615. The molecule has 4 aliphatic carbocycles. The van der Waals surface area contributed by atoms with Crippen LogP contribution in [0.25, 0.3) is 0 Å². The van der Waals surface area contributed by atoms with Crippen molar-refractivity contribution in [1.29, 1.82) is 0 Å². The molecule has 10 nitrogen and oxygen atoms in total. The van der Waals surface area contributed by atoms with E-state index in [1.54, 1.807) is 26.0 Å². The van der Waals surface area contributed by atoms with Gasteiger partial charge in [0.15, 0.2) is 5.78 Å². The molecular weight excluding hydrogens is 592 g/mol. The van der Waals surface area contributed by atoms with E-state index < -0.39 is 69.7 Å². The van der Waals surface area contributed by atoms with Gasteiger partial charge in [-0.3, -0.25) is 14.4 Å². The number of aliphatic carboxylic acids is 2. The Labute approximate surface area is 274 Å². The van der Waals surface area contributed by atoms with Gasteiger partial charge in [0.2, 0.25) is 0 Å². The predicted molar refractivity (Wildman–Crippen MR) is 175 cm³/mol. The summed E-state index contributed by atoms with van der Waals surface area (Å²) in [6.07, 6.45) is 16.4. The van der Waals surface area contributed by atoms with E-state index in [4.69, 9.17) is 15.0 Å².